The van der Waals surface area contributed by atoms with Gasteiger partial charge in [0.2, 0.25) is 0 Å². The number of rotatable bonds is 0. The maximum Gasteiger partial charge on any atom is 0.410 e. The third-order valence-corrected chi connectivity index (χ3v) is 3.35. The molecule has 1 N–H and O–H groups in total. The number of ether oxygens (including phenoxy) is 1. The molecule has 0 radical (unpaired) electrons. The molecule has 0 bridgehead atoms. The maximum absolute atomic E-state index is 11.8. The quantitative estimate of drug-likeness (QED) is 0.663. The summed E-state index contributed by atoms with van der Waals surface area (Å²) >= 11 is 0. The van der Waals surface area contributed by atoms with Gasteiger partial charge in [-0.15, -0.1) is 0 Å². The minimum atomic E-state index is -0.456. The Hall–Kier alpha value is -0.770. The van der Waals surface area contributed by atoms with E-state index >= 15 is 0 Å². The first kappa shape index (κ1) is 10.7. The van der Waals surface area contributed by atoms with Crippen LogP contribution in [0.1, 0.15) is 40.0 Å². The molecular formula is C11H19NO3. The number of carbonyl (C=O) groups is 1. The lowest BCUT2D eigenvalue weighted by atomic mass is 9.66. The highest BCUT2D eigenvalue weighted by Gasteiger charge is 2.59. The van der Waals surface area contributed by atoms with Crippen molar-refractivity contribution in [3.05, 3.63) is 0 Å². The van der Waals surface area contributed by atoms with Crippen molar-refractivity contribution < 1.29 is 14.6 Å². The van der Waals surface area contributed by atoms with Gasteiger partial charge in [-0.25, -0.2) is 4.79 Å². The van der Waals surface area contributed by atoms with E-state index in [1.54, 1.807) is 4.90 Å². The van der Waals surface area contributed by atoms with Crippen LogP contribution in [0.3, 0.4) is 0 Å². The predicted octanol–water partition coefficient (Wildman–Crippen LogP) is 1.52. The summed E-state index contributed by atoms with van der Waals surface area (Å²) in [6, 6.07) is 0. The number of β-amino-alcohol motifs (C(OH)–C–C–N with tert-alkyl or cyclic N) is 1. The lowest BCUT2D eigenvalue weighted by Crippen LogP contribution is -2.75. The molecule has 1 atom stereocenters. The number of nitrogens with zero attached hydrogens (tertiary/aromatic N) is 1. The number of aliphatic hydroxyl groups is 1. The lowest BCUT2D eigenvalue weighted by Gasteiger charge is -2.61. The van der Waals surface area contributed by atoms with Gasteiger partial charge in [0.05, 0.1) is 18.2 Å². The van der Waals surface area contributed by atoms with E-state index in [0.29, 0.717) is 6.54 Å². The van der Waals surface area contributed by atoms with Crippen LogP contribution in [-0.2, 0) is 4.74 Å². The minimum absolute atomic E-state index is 0.275. The molecule has 86 valence electrons. The van der Waals surface area contributed by atoms with Crippen molar-refractivity contribution in [2.45, 2.75) is 57.3 Å². The van der Waals surface area contributed by atoms with Crippen LogP contribution >= 0.6 is 0 Å². The van der Waals surface area contributed by atoms with E-state index in [1.807, 2.05) is 20.8 Å². The summed E-state index contributed by atoms with van der Waals surface area (Å²) in [6.45, 7) is 5.99. The zero-order valence-corrected chi connectivity index (χ0v) is 9.62. The summed E-state index contributed by atoms with van der Waals surface area (Å²) in [5, 5.41) is 9.69. The van der Waals surface area contributed by atoms with Crippen LogP contribution in [0.5, 0.6) is 0 Å². The normalized spacial score (nSPS) is 28.3. The standard InChI is InChI=1S/C11H19NO3/c1-10(2,3)15-9(14)12-7-8(13)11(12)5-4-6-11/h8,13H,4-7H2,1-3H3. The SMILES string of the molecule is CC(C)(C)OC(=O)N1CC(O)C12CCC2. The Labute approximate surface area is 90.2 Å². The second kappa shape index (κ2) is 3.11. The molecule has 1 saturated heterocycles. The average molecular weight is 213 g/mol. The molecule has 1 heterocycles. The van der Waals surface area contributed by atoms with Crippen LogP contribution in [0.15, 0.2) is 0 Å². The first-order chi connectivity index (χ1) is 6.85. The largest absolute Gasteiger partial charge is 0.444 e. The fourth-order valence-electron chi connectivity index (χ4n) is 2.31. The van der Waals surface area contributed by atoms with Gasteiger partial charge in [0.1, 0.15) is 5.60 Å². The molecule has 1 amide bonds. The van der Waals surface area contributed by atoms with Crippen LogP contribution in [0.2, 0.25) is 0 Å². The van der Waals surface area contributed by atoms with Crippen molar-refractivity contribution in [1.82, 2.24) is 4.90 Å². The number of likely N-dealkylation sites (tertiary alicyclic amines) is 1. The van der Waals surface area contributed by atoms with Crippen molar-refractivity contribution in [2.75, 3.05) is 6.54 Å². The molecule has 0 aromatic rings. The van der Waals surface area contributed by atoms with Gasteiger partial charge in [-0.3, -0.25) is 4.90 Å². The molecule has 1 saturated carbocycles. The van der Waals surface area contributed by atoms with E-state index in [2.05, 4.69) is 0 Å². The predicted molar refractivity (Wildman–Crippen MR) is 55.5 cm³/mol. The molecule has 1 aliphatic carbocycles. The van der Waals surface area contributed by atoms with Crippen molar-refractivity contribution in [2.24, 2.45) is 0 Å². The Morgan fingerprint density at radius 2 is 2.07 bits per heavy atom. The van der Waals surface area contributed by atoms with Gasteiger partial charge >= 0.3 is 6.09 Å². The van der Waals surface area contributed by atoms with E-state index in [9.17, 15) is 9.90 Å². The monoisotopic (exact) mass is 213 g/mol. The summed E-state index contributed by atoms with van der Waals surface area (Å²) in [7, 11) is 0. The number of amides is 1. The van der Waals surface area contributed by atoms with Crippen LogP contribution in [-0.4, -0.2) is 39.9 Å². The van der Waals surface area contributed by atoms with Gasteiger partial charge in [0.25, 0.3) is 0 Å². The molecule has 1 unspecified atom stereocenters. The van der Waals surface area contributed by atoms with E-state index in [1.165, 1.54) is 0 Å². The van der Waals surface area contributed by atoms with Gasteiger partial charge < -0.3 is 9.84 Å². The van der Waals surface area contributed by atoms with Crippen LogP contribution in [0.4, 0.5) is 4.79 Å². The summed E-state index contributed by atoms with van der Waals surface area (Å²) in [5.74, 6) is 0. The van der Waals surface area contributed by atoms with Crippen LogP contribution < -0.4 is 0 Å². The highest BCUT2D eigenvalue weighted by atomic mass is 16.6. The molecule has 0 aromatic carbocycles. The summed E-state index contributed by atoms with van der Waals surface area (Å²) in [4.78, 5) is 13.5. The fourth-order valence-corrected chi connectivity index (χ4v) is 2.31. The van der Waals surface area contributed by atoms with Crippen molar-refractivity contribution in [3.8, 4) is 0 Å². The average Bonchev–Trinajstić information content (AvgIpc) is 1.92. The minimum Gasteiger partial charge on any atom is -0.444 e. The summed E-state index contributed by atoms with van der Waals surface area (Å²) in [6.07, 6.45) is 2.28. The first-order valence-electron chi connectivity index (χ1n) is 5.54. The molecule has 4 nitrogen and oxygen atoms in total. The molecule has 1 spiro atoms. The Bertz CT molecular complexity index is 278. The molecule has 2 aliphatic rings. The van der Waals surface area contributed by atoms with Crippen LogP contribution in [0.25, 0.3) is 0 Å². The number of hydrogen-bond acceptors (Lipinski definition) is 3. The smallest absolute Gasteiger partial charge is 0.410 e. The zero-order valence-electron chi connectivity index (χ0n) is 9.62. The number of hydrogen-bond donors (Lipinski definition) is 1. The molecule has 2 rings (SSSR count). The van der Waals surface area contributed by atoms with Gasteiger partial charge in [0.15, 0.2) is 0 Å². The summed E-state index contributed by atoms with van der Waals surface area (Å²) < 4.78 is 5.30. The van der Waals surface area contributed by atoms with Gasteiger partial charge in [0, 0.05) is 0 Å². The van der Waals surface area contributed by atoms with Crippen molar-refractivity contribution >= 4 is 6.09 Å². The third kappa shape index (κ3) is 1.61. The van der Waals surface area contributed by atoms with E-state index in [4.69, 9.17) is 4.74 Å². The Morgan fingerprint density at radius 3 is 2.40 bits per heavy atom. The van der Waals surface area contributed by atoms with Crippen LogP contribution in [0, 0.1) is 0 Å². The number of aliphatic hydroxyl groups excluding tert-OH is 1. The first-order valence-corrected chi connectivity index (χ1v) is 5.54. The highest BCUT2D eigenvalue weighted by molar-refractivity contribution is 5.71. The molecular weight excluding hydrogens is 194 g/mol. The van der Waals surface area contributed by atoms with E-state index < -0.39 is 5.60 Å². The maximum atomic E-state index is 11.8. The molecule has 4 heteroatoms. The molecule has 2 fully saturated rings. The van der Waals surface area contributed by atoms with E-state index in [0.717, 1.165) is 19.3 Å². The fraction of sp³-hybridized carbons (Fsp3) is 0.909. The lowest BCUT2D eigenvalue weighted by molar-refractivity contribution is -0.166. The molecule has 1 aliphatic heterocycles. The second-order valence-corrected chi connectivity index (χ2v) is 5.56. The Morgan fingerprint density at radius 1 is 1.47 bits per heavy atom. The third-order valence-electron chi connectivity index (χ3n) is 3.35. The topological polar surface area (TPSA) is 49.8 Å². The Kier molecular flexibility index (Phi) is 2.23. The zero-order chi connectivity index (χ0) is 11.3. The van der Waals surface area contributed by atoms with E-state index in [-0.39, 0.29) is 17.7 Å². The number of carbonyl (C=O) groups excluding carboxylic acids is 1. The van der Waals surface area contributed by atoms with Gasteiger partial charge in [-0.2, -0.15) is 0 Å². The van der Waals surface area contributed by atoms with Gasteiger partial charge in [-0.1, -0.05) is 0 Å². The highest BCUT2D eigenvalue weighted by Crippen LogP contribution is 2.47. The van der Waals surface area contributed by atoms with Crippen molar-refractivity contribution in [3.63, 3.8) is 0 Å². The second-order valence-electron chi connectivity index (χ2n) is 5.56. The molecule has 0 aromatic heterocycles. The Balaban J connectivity index is 1.98. The van der Waals surface area contributed by atoms with Crippen molar-refractivity contribution in [1.29, 1.82) is 0 Å². The summed E-state index contributed by atoms with van der Waals surface area (Å²) in [5.41, 5.74) is -0.731. The molecule has 15 heavy (non-hydrogen) atoms. The van der Waals surface area contributed by atoms with Gasteiger partial charge in [-0.05, 0) is 40.0 Å².